The van der Waals surface area contributed by atoms with E-state index < -0.39 is 5.57 Å². The molecule has 0 atom stereocenters. The number of hydrogen-bond donors (Lipinski definition) is 2. The maximum Gasteiger partial charge on any atom is 0.487 e. The summed E-state index contributed by atoms with van der Waals surface area (Å²) in [6.45, 7) is 5.28. The molecular formula is C24H25ClF2N4O2. The Morgan fingerprint density at radius 3 is 2.61 bits per heavy atom. The van der Waals surface area contributed by atoms with Crippen LogP contribution in [0.2, 0.25) is 0 Å². The normalized spacial score (nSPS) is 14.1. The highest BCUT2D eigenvalue weighted by Gasteiger charge is 2.28. The van der Waals surface area contributed by atoms with E-state index in [1.165, 1.54) is 24.3 Å². The summed E-state index contributed by atoms with van der Waals surface area (Å²) in [5.41, 5.74) is 1.19. The first kappa shape index (κ1) is 23.0. The number of alkyl halides is 3. The Morgan fingerprint density at radius 1 is 1.21 bits per heavy atom. The number of rotatable bonds is 6. The second-order valence-corrected chi connectivity index (χ2v) is 8.71. The van der Waals surface area contributed by atoms with Crippen molar-refractivity contribution in [3.63, 3.8) is 0 Å². The molecule has 4 rings (SSSR count). The maximum atomic E-state index is 13.1. The van der Waals surface area contributed by atoms with Crippen molar-refractivity contribution < 1.29 is 18.3 Å². The maximum absolute atomic E-state index is 13.1. The molecule has 9 heteroatoms. The fourth-order valence-electron chi connectivity index (χ4n) is 4.14. The zero-order chi connectivity index (χ0) is 23.6. The lowest BCUT2D eigenvalue weighted by molar-refractivity contribution is -0.0964. The molecule has 1 amide bonds. The van der Waals surface area contributed by atoms with Crippen molar-refractivity contribution in [2.75, 3.05) is 16.8 Å². The fourth-order valence-corrected chi connectivity index (χ4v) is 4.22. The third-order valence-electron chi connectivity index (χ3n) is 5.59. The van der Waals surface area contributed by atoms with Gasteiger partial charge in [0, 0.05) is 52.9 Å². The Bertz CT molecular complexity index is 1110. The number of H-pyrrole nitrogens is 1. The van der Waals surface area contributed by atoms with Gasteiger partial charge in [-0.25, -0.2) is 0 Å². The molecule has 1 aliphatic rings. The number of carbonyl (C=O) groups excluding carboxylic acids is 1. The van der Waals surface area contributed by atoms with E-state index in [1.807, 2.05) is 18.2 Å². The van der Waals surface area contributed by atoms with Crippen LogP contribution in [0.25, 0.3) is 11.3 Å². The summed E-state index contributed by atoms with van der Waals surface area (Å²) in [6, 6.07) is 11.6. The fraction of sp³-hybridized carbons (Fsp3) is 0.333. The van der Waals surface area contributed by atoms with E-state index in [0.717, 1.165) is 48.3 Å². The number of nitrogens with one attached hydrogen (secondary N) is 2. The van der Waals surface area contributed by atoms with Crippen LogP contribution in [0.5, 0.6) is 5.75 Å². The lowest BCUT2D eigenvalue weighted by Gasteiger charge is -2.31. The van der Waals surface area contributed by atoms with Crippen LogP contribution in [-0.4, -0.2) is 34.3 Å². The number of aryl methyl sites for hydroxylation is 1. The standard InChI is InChI=1S/C24H25ClF2N4O2/c1-15(2)31-12-4-3-5-16-13-17(14-20(22(16)31)21-10-11-28-30-21)23(32)29-18-6-8-19(9-7-18)33-24(25,26)27/h6-11,13-15H,3-5,12H2,1-2H3,(H,28,30)(H,29,32). The van der Waals surface area contributed by atoms with Crippen LogP contribution >= 0.6 is 11.6 Å². The van der Waals surface area contributed by atoms with Crippen molar-refractivity contribution in [3.8, 4) is 17.0 Å². The summed E-state index contributed by atoms with van der Waals surface area (Å²) in [4.78, 5) is 15.5. The smallest absolute Gasteiger partial charge is 0.420 e. The molecular weight excluding hydrogens is 450 g/mol. The van der Waals surface area contributed by atoms with Gasteiger partial charge < -0.3 is 15.0 Å². The molecule has 33 heavy (non-hydrogen) atoms. The van der Waals surface area contributed by atoms with Gasteiger partial charge in [0.15, 0.2) is 0 Å². The second kappa shape index (κ2) is 9.39. The first-order valence-electron chi connectivity index (χ1n) is 10.8. The van der Waals surface area contributed by atoms with Crippen LogP contribution in [0.15, 0.2) is 48.7 Å². The third-order valence-corrected chi connectivity index (χ3v) is 5.67. The van der Waals surface area contributed by atoms with Crippen molar-refractivity contribution in [2.45, 2.75) is 44.7 Å². The monoisotopic (exact) mass is 474 g/mol. The molecule has 0 unspecified atom stereocenters. The molecule has 174 valence electrons. The zero-order valence-corrected chi connectivity index (χ0v) is 19.1. The van der Waals surface area contributed by atoms with Gasteiger partial charge in [-0.05, 0) is 81.1 Å². The molecule has 0 saturated carbocycles. The van der Waals surface area contributed by atoms with Gasteiger partial charge in [0.05, 0.1) is 5.69 Å². The number of ether oxygens (including phenoxy) is 1. The van der Waals surface area contributed by atoms with Crippen LogP contribution in [0.3, 0.4) is 0 Å². The minimum absolute atomic E-state index is 0.103. The molecule has 1 aromatic heterocycles. The van der Waals surface area contributed by atoms with E-state index in [-0.39, 0.29) is 11.7 Å². The molecule has 2 aromatic carbocycles. The highest BCUT2D eigenvalue weighted by Crippen LogP contribution is 2.38. The molecule has 2 N–H and O–H groups in total. The summed E-state index contributed by atoms with van der Waals surface area (Å²) in [6.07, 6.45) is 4.68. The number of benzene rings is 2. The topological polar surface area (TPSA) is 70.2 Å². The Morgan fingerprint density at radius 2 is 1.97 bits per heavy atom. The Balaban J connectivity index is 1.66. The highest BCUT2D eigenvalue weighted by atomic mass is 35.5. The highest BCUT2D eigenvalue weighted by molar-refractivity contribution is 6.20. The van der Waals surface area contributed by atoms with E-state index >= 15 is 0 Å². The van der Waals surface area contributed by atoms with E-state index in [4.69, 9.17) is 11.6 Å². The Labute approximate surface area is 195 Å². The predicted molar refractivity (Wildman–Crippen MR) is 125 cm³/mol. The largest absolute Gasteiger partial charge is 0.487 e. The van der Waals surface area contributed by atoms with Crippen molar-refractivity contribution in [3.05, 3.63) is 59.8 Å². The lowest BCUT2D eigenvalue weighted by Crippen LogP contribution is -2.32. The molecule has 0 bridgehead atoms. The predicted octanol–water partition coefficient (Wildman–Crippen LogP) is 6.05. The van der Waals surface area contributed by atoms with Crippen molar-refractivity contribution in [2.24, 2.45) is 0 Å². The molecule has 6 nitrogen and oxygen atoms in total. The van der Waals surface area contributed by atoms with Gasteiger partial charge in [0.1, 0.15) is 5.75 Å². The minimum Gasteiger partial charge on any atom is -0.420 e. The molecule has 2 heterocycles. The number of aromatic amines is 1. The first-order valence-corrected chi connectivity index (χ1v) is 11.2. The molecule has 0 aliphatic carbocycles. The summed E-state index contributed by atoms with van der Waals surface area (Å²) in [5, 5.41) is 9.95. The van der Waals surface area contributed by atoms with Crippen LogP contribution in [0.4, 0.5) is 20.2 Å². The molecule has 0 spiro atoms. The van der Waals surface area contributed by atoms with Crippen molar-refractivity contribution >= 4 is 28.9 Å². The zero-order valence-electron chi connectivity index (χ0n) is 18.4. The lowest BCUT2D eigenvalue weighted by atomic mass is 9.96. The summed E-state index contributed by atoms with van der Waals surface area (Å²) in [5.74, 6) is -0.399. The van der Waals surface area contributed by atoms with Gasteiger partial charge in [-0.1, -0.05) is 0 Å². The number of nitrogens with zero attached hydrogens (tertiary/aromatic N) is 2. The van der Waals surface area contributed by atoms with Gasteiger partial charge in [0.25, 0.3) is 5.91 Å². The summed E-state index contributed by atoms with van der Waals surface area (Å²) < 4.78 is 29.9. The number of anilines is 2. The second-order valence-electron chi connectivity index (χ2n) is 8.27. The average Bonchev–Trinajstić information content (AvgIpc) is 3.19. The van der Waals surface area contributed by atoms with E-state index in [1.54, 1.807) is 6.20 Å². The first-order chi connectivity index (χ1) is 15.7. The minimum atomic E-state index is -3.79. The number of carbonyl (C=O) groups is 1. The van der Waals surface area contributed by atoms with E-state index in [0.29, 0.717) is 17.3 Å². The Kier molecular flexibility index (Phi) is 6.56. The number of aromatic nitrogens is 2. The van der Waals surface area contributed by atoms with Crippen molar-refractivity contribution in [1.82, 2.24) is 10.2 Å². The number of hydrogen-bond acceptors (Lipinski definition) is 4. The van der Waals surface area contributed by atoms with Gasteiger partial charge in [-0.2, -0.15) is 5.10 Å². The molecule has 0 radical (unpaired) electrons. The number of amides is 1. The number of halogens is 3. The van der Waals surface area contributed by atoms with Gasteiger partial charge in [0.2, 0.25) is 0 Å². The van der Waals surface area contributed by atoms with Crippen LogP contribution < -0.4 is 15.0 Å². The Hall–Kier alpha value is -3.13. The quantitative estimate of drug-likeness (QED) is 0.427. The SMILES string of the molecule is CC(C)N1CCCCc2cc(C(=O)Nc3ccc(OC(F)(F)Cl)cc3)cc(-c3ccn[nH]3)c21. The van der Waals surface area contributed by atoms with Crippen molar-refractivity contribution in [1.29, 1.82) is 0 Å². The van der Waals surface area contributed by atoms with Crippen LogP contribution in [-0.2, 0) is 6.42 Å². The van der Waals surface area contributed by atoms with Gasteiger partial charge >= 0.3 is 5.57 Å². The number of fused-ring (bicyclic) bond motifs is 1. The third kappa shape index (κ3) is 5.45. The average molecular weight is 475 g/mol. The molecule has 0 fully saturated rings. The van der Waals surface area contributed by atoms with E-state index in [2.05, 4.69) is 39.0 Å². The summed E-state index contributed by atoms with van der Waals surface area (Å²) in [7, 11) is 0. The van der Waals surface area contributed by atoms with E-state index in [9.17, 15) is 13.6 Å². The van der Waals surface area contributed by atoms with Gasteiger partial charge in [-0.3, -0.25) is 9.89 Å². The molecule has 3 aromatic rings. The van der Waals surface area contributed by atoms with Gasteiger partial charge in [-0.15, -0.1) is 8.78 Å². The van der Waals surface area contributed by atoms with Crippen LogP contribution in [0, 0.1) is 0 Å². The molecule has 0 saturated heterocycles. The molecule has 1 aliphatic heterocycles. The van der Waals surface area contributed by atoms with Crippen LogP contribution in [0.1, 0.15) is 42.6 Å². The summed E-state index contributed by atoms with van der Waals surface area (Å²) >= 11 is 4.79.